The summed E-state index contributed by atoms with van der Waals surface area (Å²) in [6, 6.07) is 0. The van der Waals surface area contributed by atoms with Gasteiger partial charge in [-0.05, 0) is 0 Å². The summed E-state index contributed by atoms with van der Waals surface area (Å²) in [6.45, 7) is -6.67. The Labute approximate surface area is 142 Å². The lowest BCUT2D eigenvalue weighted by Crippen LogP contribution is -2.19. The largest absolute Gasteiger partial charge is 0.331 e. The zero-order valence-electron chi connectivity index (χ0n) is 13.2. The minimum atomic E-state index is -4.68. The molecular formula is C11H12F16. The lowest BCUT2D eigenvalue weighted by Gasteiger charge is -2.06. The van der Waals surface area contributed by atoms with E-state index in [4.69, 9.17) is 0 Å². The van der Waals surface area contributed by atoms with E-state index in [1.54, 1.807) is 0 Å². The summed E-state index contributed by atoms with van der Waals surface area (Å²) in [7, 11) is 1.00. The molecule has 0 aromatic carbocycles. The lowest BCUT2D eigenvalue weighted by atomic mass is 10.3. The first-order chi connectivity index (χ1) is 12.2. The summed E-state index contributed by atoms with van der Waals surface area (Å²) in [5.74, 6) is -15.4. The molecule has 0 aliphatic rings. The summed E-state index contributed by atoms with van der Waals surface area (Å²) in [6.07, 6.45) is -6.38. The number of alkyl halides is 10. The molecule has 0 aliphatic heterocycles. The Morgan fingerprint density at radius 1 is 0.519 bits per heavy atom. The minimum Gasteiger partial charge on any atom is -0.255 e. The Balaban J connectivity index is -0.0000000896. The predicted molar refractivity (Wildman–Crippen MR) is 63.7 cm³/mol. The Bertz CT molecular complexity index is 344. The van der Waals surface area contributed by atoms with Crippen LogP contribution in [0.4, 0.5) is 70.2 Å². The molecular weight excluding hydrogens is 436 g/mol. The van der Waals surface area contributed by atoms with Gasteiger partial charge < -0.3 is 0 Å². The molecule has 0 unspecified atom stereocenters. The van der Waals surface area contributed by atoms with E-state index in [0.29, 0.717) is 14.4 Å². The van der Waals surface area contributed by atoms with Crippen LogP contribution in [0.15, 0.2) is 23.8 Å². The van der Waals surface area contributed by atoms with Crippen molar-refractivity contribution >= 4 is 0 Å². The summed E-state index contributed by atoms with van der Waals surface area (Å²) in [5, 5.41) is 0. The second-order valence-electron chi connectivity index (χ2n) is 2.93. The van der Waals surface area contributed by atoms with Crippen LogP contribution < -0.4 is 0 Å². The number of allylic oxidation sites excluding steroid dienone is 2. The third-order valence-corrected chi connectivity index (χ3v) is 1.31. The molecule has 27 heavy (non-hydrogen) atoms. The molecule has 0 saturated carbocycles. The minimum absolute atomic E-state index is 0.500. The number of hydrogen-bond acceptors (Lipinski definition) is 0. The maximum absolute atomic E-state index is 11.5. The van der Waals surface area contributed by atoms with Gasteiger partial charge in [0.1, 0.15) is 0 Å². The maximum atomic E-state index is 11.5. The van der Waals surface area contributed by atoms with Crippen LogP contribution in [0.1, 0.15) is 0 Å². The van der Waals surface area contributed by atoms with Crippen LogP contribution in [0.3, 0.4) is 0 Å². The number of hydrogen-bond donors (Lipinski definition) is 0. The van der Waals surface area contributed by atoms with Crippen LogP contribution in [0, 0.1) is 0 Å². The van der Waals surface area contributed by atoms with E-state index < -0.39 is 55.9 Å². The van der Waals surface area contributed by atoms with Gasteiger partial charge in [0.15, 0.2) is 13.3 Å². The predicted octanol–water partition coefficient (Wildman–Crippen LogP) is 7.39. The standard InChI is InChI=1S/2C4H2F6.CH2F2.2CH3F/c2*5-1-4(9,10)2(6)3(7)8;2-1-3;2*1-2/h2*1H2;1H2;2*1H3. The Morgan fingerprint density at radius 2 is 0.667 bits per heavy atom. The van der Waals surface area contributed by atoms with Crippen LogP contribution in [-0.4, -0.2) is 46.5 Å². The topological polar surface area (TPSA) is 0 Å². The molecule has 0 saturated heterocycles. The van der Waals surface area contributed by atoms with Crippen molar-refractivity contribution in [2.45, 2.75) is 11.8 Å². The second kappa shape index (κ2) is 20.7. The fourth-order valence-electron chi connectivity index (χ4n) is 0.394. The Kier molecular flexibility index (Phi) is 27.8. The van der Waals surface area contributed by atoms with Crippen molar-refractivity contribution in [2.24, 2.45) is 0 Å². The highest BCUT2D eigenvalue weighted by Gasteiger charge is 2.39. The SMILES string of the molecule is CF.CF.FCC(F)(F)C(F)=C(F)F.FCC(F)(F)C(F)=C(F)F.FCF. The monoisotopic (exact) mass is 448 g/mol. The smallest absolute Gasteiger partial charge is 0.255 e. The molecule has 0 radical (unpaired) electrons. The highest BCUT2D eigenvalue weighted by Crippen LogP contribution is 2.30. The van der Waals surface area contributed by atoms with Crippen LogP contribution in [-0.2, 0) is 0 Å². The van der Waals surface area contributed by atoms with Gasteiger partial charge in [-0.1, -0.05) is 0 Å². The zero-order valence-corrected chi connectivity index (χ0v) is 13.2. The molecule has 0 aromatic heterocycles. The fraction of sp³-hybridized carbons (Fsp3) is 0.636. The molecule has 168 valence electrons. The normalized spacial score (nSPS) is 9.56. The molecule has 0 atom stereocenters. The van der Waals surface area contributed by atoms with Gasteiger partial charge in [0.25, 0.3) is 0 Å². The van der Waals surface area contributed by atoms with E-state index in [1.807, 2.05) is 0 Å². The summed E-state index contributed by atoms with van der Waals surface area (Å²) < 4.78 is 173. The van der Waals surface area contributed by atoms with E-state index in [1.165, 1.54) is 0 Å². The van der Waals surface area contributed by atoms with E-state index in [2.05, 4.69) is 0 Å². The highest BCUT2D eigenvalue weighted by atomic mass is 19.3. The third kappa shape index (κ3) is 20.5. The number of rotatable bonds is 4. The molecule has 0 fully saturated rings. The Morgan fingerprint density at radius 3 is 0.704 bits per heavy atom. The van der Waals surface area contributed by atoms with Gasteiger partial charge in [0.05, 0.1) is 14.4 Å². The van der Waals surface area contributed by atoms with Crippen molar-refractivity contribution in [3.63, 3.8) is 0 Å². The summed E-state index contributed by atoms with van der Waals surface area (Å²) in [5.41, 5.74) is 0. The lowest BCUT2D eigenvalue weighted by molar-refractivity contribution is -0.0121. The van der Waals surface area contributed by atoms with E-state index in [0.717, 1.165) is 0 Å². The number of halogens is 16. The first-order valence-corrected chi connectivity index (χ1v) is 5.42. The average molecular weight is 448 g/mol. The third-order valence-electron chi connectivity index (χ3n) is 1.31. The quantitative estimate of drug-likeness (QED) is 0.394. The van der Waals surface area contributed by atoms with Gasteiger partial charge in [0.2, 0.25) is 18.6 Å². The van der Waals surface area contributed by atoms with Crippen LogP contribution >= 0.6 is 0 Å². The molecule has 0 amide bonds. The molecule has 0 aliphatic carbocycles. The van der Waals surface area contributed by atoms with Gasteiger partial charge in [-0.2, -0.15) is 43.9 Å². The van der Waals surface area contributed by atoms with Gasteiger partial charge in [0, 0.05) is 0 Å². The van der Waals surface area contributed by atoms with Crippen molar-refractivity contribution in [1.82, 2.24) is 0 Å². The van der Waals surface area contributed by atoms with Crippen molar-refractivity contribution in [2.75, 3.05) is 34.6 Å². The van der Waals surface area contributed by atoms with Crippen molar-refractivity contribution in [3.8, 4) is 0 Å². The van der Waals surface area contributed by atoms with Gasteiger partial charge in [-0.15, -0.1) is 0 Å². The molecule has 0 N–H and O–H groups in total. The van der Waals surface area contributed by atoms with Gasteiger partial charge in [-0.3, -0.25) is 8.78 Å². The van der Waals surface area contributed by atoms with Crippen molar-refractivity contribution in [3.05, 3.63) is 23.8 Å². The molecule has 0 heterocycles. The van der Waals surface area contributed by atoms with Gasteiger partial charge >= 0.3 is 24.0 Å². The average Bonchev–Trinajstić information content (AvgIpc) is 2.64. The maximum Gasteiger partial charge on any atom is 0.331 e. The van der Waals surface area contributed by atoms with Crippen LogP contribution in [0.2, 0.25) is 0 Å². The van der Waals surface area contributed by atoms with E-state index in [-0.39, 0.29) is 0 Å². The Hall–Kier alpha value is -1.64. The molecule has 0 bridgehead atoms. The molecule has 0 nitrogen and oxygen atoms in total. The zero-order chi connectivity index (χ0) is 23.4. The summed E-state index contributed by atoms with van der Waals surface area (Å²) >= 11 is 0. The van der Waals surface area contributed by atoms with E-state index >= 15 is 0 Å². The van der Waals surface area contributed by atoms with E-state index in [9.17, 15) is 70.2 Å². The molecule has 0 spiro atoms. The summed E-state index contributed by atoms with van der Waals surface area (Å²) in [4.78, 5) is 0. The first-order valence-electron chi connectivity index (χ1n) is 5.42. The molecule has 16 heteroatoms. The second-order valence-corrected chi connectivity index (χ2v) is 2.93. The van der Waals surface area contributed by atoms with Crippen molar-refractivity contribution < 1.29 is 70.2 Å². The molecule has 0 rings (SSSR count). The van der Waals surface area contributed by atoms with Crippen LogP contribution in [0.5, 0.6) is 0 Å². The van der Waals surface area contributed by atoms with Crippen molar-refractivity contribution in [1.29, 1.82) is 0 Å². The highest BCUT2D eigenvalue weighted by molar-refractivity contribution is 5.04. The van der Waals surface area contributed by atoms with Gasteiger partial charge in [-0.25, -0.2) is 17.6 Å². The van der Waals surface area contributed by atoms with Crippen LogP contribution in [0.25, 0.3) is 0 Å². The molecule has 0 aromatic rings. The fourth-order valence-corrected chi connectivity index (χ4v) is 0.394. The first kappa shape index (κ1) is 36.3.